The van der Waals surface area contributed by atoms with Gasteiger partial charge in [0, 0.05) is 0 Å². The Morgan fingerprint density at radius 3 is 2.81 bits per heavy atom. The van der Waals surface area contributed by atoms with E-state index in [9.17, 15) is 4.79 Å². The maximum atomic E-state index is 10.7. The molecule has 0 spiro atoms. The number of hydrogen-bond acceptors (Lipinski definition) is 4. The van der Waals surface area contributed by atoms with Crippen LogP contribution in [0.3, 0.4) is 0 Å². The number of carbonyl (C=O) groups is 1. The summed E-state index contributed by atoms with van der Waals surface area (Å²) in [6.45, 7) is 7.13. The molecule has 6 nitrogen and oxygen atoms in total. The molecule has 112 valence electrons. The van der Waals surface area contributed by atoms with Crippen LogP contribution in [0.1, 0.15) is 41.4 Å². The molecule has 0 fully saturated rings. The van der Waals surface area contributed by atoms with Crippen molar-refractivity contribution < 1.29 is 14.6 Å². The topological polar surface area (TPSA) is 77.2 Å². The first-order valence-corrected chi connectivity index (χ1v) is 6.84. The van der Waals surface area contributed by atoms with Crippen molar-refractivity contribution in [1.82, 2.24) is 15.0 Å². The Balaban J connectivity index is 1.96. The molecule has 1 aromatic heterocycles. The van der Waals surface area contributed by atoms with Crippen LogP contribution >= 0.6 is 0 Å². The molecule has 0 aliphatic carbocycles. The number of nitrogens with zero attached hydrogens (tertiary/aromatic N) is 3. The highest BCUT2D eigenvalue weighted by Crippen LogP contribution is 2.24. The maximum Gasteiger partial charge on any atom is 0.358 e. The van der Waals surface area contributed by atoms with Crippen LogP contribution < -0.4 is 4.74 Å². The van der Waals surface area contributed by atoms with E-state index in [1.807, 2.05) is 19.1 Å². The summed E-state index contributed by atoms with van der Waals surface area (Å²) in [5.74, 6) is 0.212. The van der Waals surface area contributed by atoms with Gasteiger partial charge in [0.2, 0.25) is 0 Å². The highest BCUT2D eigenvalue weighted by molar-refractivity contribution is 5.84. The Kier molecular flexibility index (Phi) is 4.57. The van der Waals surface area contributed by atoms with Gasteiger partial charge in [0.05, 0.1) is 12.7 Å². The van der Waals surface area contributed by atoms with Gasteiger partial charge in [-0.2, -0.15) is 0 Å². The van der Waals surface area contributed by atoms with Crippen LogP contribution in [0.25, 0.3) is 0 Å². The number of hydrogen-bond donors (Lipinski definition) is 1. The summed E-state index contributed by atoms with van der Waals surface area (Å²) in [4.78, 5) is 10.7. The van der Waals surface area contributed by atoms with E-state index in [2.05, 4.69) is 30.2 Å². The predicted molar refractivity (Wildman–Crippen MR) is 77.7 cm³/mol. The second kappa shape index (κ2) is 6.39. The molecule has 0 saturated carbocycles. The Bertz CT molecular complexity index is 635. The lowest BCUT2D eigenvalue weighted by Crippen LogP contribution is -2.09. The number of carboxylic acid groups (broad SMARTS) is 1. The van der Waals surface area contributed by atoms with E-state index in [1.165, 1.54) is 16.4 Å². The molecule has 2 aromatic rings. The molecule has 0 unspecified atom stereocenters. The molecule has 1 aromatic carbocycles. The molecule has 1 heterocycles. The molecular formula is C15H19N3O3. The quantitative estimate of drug-likeness (QED) is 0.884. The third kappa shape index (κ3) is 3.81. The molecule has 0 saturated heterocycles. The summed E-state index contributed by atoms with van der Waals surface area (Å²) < 4.78 is 7.23. The zero-order valence-electron chi connectivity index (χ0n) is 12.4. The highest BCUT2D eigenvalue weighted by Gasteiger charge is 2.08. The van der Waals surface area contributed by atoms with E-state index in [4.69, 9.17) is 9.84 Å². The van der Waals surface area contributed by atoms with E-state index in [1.54, 1.807) is 0 Å². The molecule has 2 rings (SSSR count). The molecule has 0 aliphatic rings. The Hall–Kier alpha value is -2.37. The minimum absolute atomic E-state index is 0.0621. The van der Waals surface area contributed by atoms with Crippen molar-refractivity contribution >= 4 is 5.97 Å². The standard InChI is InChI=1S/C15H19N3O3/c1-10(2)12-5-4-11(3)14(8-12)21-7-6-18-9-13(15(19)20)16-17-18/h4-5,8-10H,6-7H2,1-3H3,(H,19,20). The number of rotatable bonds is 6. The smallest absolute Gasteiger partial charge is 0.358 e. The average molecular weight is 289 g/mol. The van der Waals surface area contributed by atoms with Crippen molar-refractivity contribution in [3.05, 3.63) is 41.2 Å². The fraction of sp³-hybridized carbons (Fsp3) is 0.400. The maximum absolute atomic E-state index is 10.7. The fourth-order valence-electron chi connectivity index (χ4n) is 1.89. The van der Waals surface area contributed by atoms with Crippen molar-refractivity contribution in [3.63, 3.8) is 0 Å². The van der Waals surface area contributed by atoms with Crippen LogP contribution in [0.4, 0.5) is 0 Å². The van der Waals surface area contributed by atoms with Crippen molar-refractivity contribution in [2.45, 2.75) is 33.2 Å². The van der Waals surface area contributed by atoms with E-state index in [0.29, 0.717) is 19.1 Å². The van der Waals surface area contributed by atoms with Gasteiger partial charge < -0.3 is 9.84 Å². The lowest BCUT2D eigenvalue weighted by molar-refractivity contribution is 0.0690. The summed E-state index contributed by atoms with van der Waals surface area (Å²) >= 11 is 0. The van der Waals surface area contributed by atoms with E-state index < -0.39 is 5.97 Å². The largest absolute Gasteiger partial charge is 0.491 e. The van der Waals surface area contributed by atoms with E-state index in [0.717, 1.165) is 11.3 Å². The minimum atomic E-state index is -1.08. The molecule has 0 amide bonds. The van der Waals surface area contributed by atoms with Crippen LogP contribution in [0.5, 0.6) is 5.75 Å². The van der Waals surface area contributed by atoms with Gasteiger partial charge in [-0.05, 0) is 30.0 Å². The molecule has 1 N–H and O–H groups in total. The fourth-order valence-corrected chi connectivity index (χ4v) is 1.89. The number of carboxylic acids is 1. The summed E-state index contributed by atoms with van der Waals surface area (Å²) in [5, 5.41) is 16.1. The third-order valence-electron chi connectivity index (χ3n) is 3.21. The van der Waals surface area contributed by atoms with Crippen LogP contribution in [0, 0.1) is 6.92 Å². The van der Waals surface area contributed by atoms with E-state index >= 15 is 0 Å². The summed E-state index contributed by atoms with van der Waals surface area (Å²) in [6.07, 6.45) is 1.39. The number of aromatic nitrogens is 3. The molecule has 0 radical (unpaired) electrons. The molecule has 21 heavy (non-hydrogen) atoms. The summed E-state index contributed by atoms with van der Waals surface area (Å²) in [6, 6.07) is 6.19. The van der Waals surface area contributed by atoms with Gasteiger partial charge >= 0.3 is 5.97 Å². The van der Waals surface area contributed by atoms with Gasteiger partial charge in [-0.15, -0.1) is 5.10 Å². The van der Waals surface area contributed by atoms with Crippen molar-refractivity contribution in [2.24, 2.45) is 0 Å². The number of ether oxygens (including phenoxy) is 1. The zero-order chi connectivity index (χ0) is 15.4. The Morgan fingerprint density at radius 2 is 2.19 bits per heavy atom. The van der Waals surface area contributed by atoms with Crippen molar-refractivity contribution in [2.75, 3.05) is 6.61 Å². The van der Waals surface area contributed by atoms with Crippen molar-refractivity contribution in [3.8, 4) is 5.75 Å². The molecular weight excluding hydrogens is 270 g/mol. The van der Waals surface area contributed by atoms with E-state index in [-0.39, 0.29) is 5.69 Å². The van der Waals surface area contributed by atoms with Crippen LogP contribution in [-0.2, 0) is 6.54 Å². The lowest BCUT2D eigenvalue weighted by Gasteiger charge is -2.12. The van der Waals surface area contributed by atoms with Gasteiger partial charge in [0.1, 0.15) is 12.4 Å². The van der Waals surface area contributed by atoms with Gasteiger partial charge in [0.25, 0.3) is 0 Å². The molecule has 0 atom stereocenters. The average Bonchev–Trinajstić information content (AvgIpc) is 2.89. The van der Waals surface area contributed by atoms with Gasteiger partial charge in [0.15, 0.2) is 5.69 Å². The van der Waals surface area contributed by atoms with Gasteiger partial charge in [-0.1, -0.05) is 31.2 Å². The predicted octanol–water partition coefficient (Wildman–Crippen LogP) is 2.49. The third-order valence-corrected chi connectivity index (χ3v) is 3.21. The van der Waals surface area contributed by atoms with Gasteiger partial charge in [-0.3, -0.25) is 0 Å². The highest BCUT2D eigenvalue weighted by atomic mass is 16.5. The SMILES string of the molecule is Cc1ccc(C(C)C)cc1OCCn1cc(C(=O)O)nn1. The van der Waals surface area contributed by atoms with Crippen molar-refractivity contribution in [1.29, 1.82) is 0 Å². The monoisotopic (exact) mass is 289 g/mol. The second-order valence-electron chi connectivity index (χ2n) is 5.20. The summed E-state index contributed by atoms with van der Waals surface area (Å²) in [7, 11) is 0. The summed E-state index contributed by atoms with van der Waals surface area (Å²) in [5.41, 5.74) is 2.24. The van der Waals surface area contributed by atoms with Crippen LogP contribution in [0.15, 0.2) is 24.4 Å². The zero-order valence-corrected chi connectivity index (χ0v) is 12.4. The molecule has 0 aliphatic heterocycles. The number of benzene rings is 1. The number of aromatic carboxylic acids is 1. The first kappa shape index (κ1) is 15.0. The Labute approximate surface area is 123 Å². The number of aryl methyl sites for hydroxylation is 1. The first-order valence-electron chi connectivity index (χ1n) is 6.84. The second-order valence-corrected chi connectivity index (χ2v) is 5.20. The minimum Gasteiger partial charge on any atom is -0.491 e. The molecule has 0 bridgehead atoms. The van der Waals surface area contributed by atoms with Gasteiger partial charge in [-0.25, -0.2) is 9.48 Å². The first-order chi connectivity index (χ1) is 9.97. The normalized spacial score (nSPS) is 10.9. The molecule has 6 heteroatoms. The van der Waals surface area contributed by atoms with Crippen LogP contribution in [0.2, 0.25) is 0 Å². The van der Waals surface area contributed by atoms with Crippen LogP contribution in [-0.4, -0.2) is 32.7 Å². The lowest BCUT2D eigenvalue weighted by atomic mass is 10.0. The Morgan fingerprint density at radius 1 is 1.43 bits per heavy atom.